The van der Waals surface area contributed by atoms with Gasteiger partial charge in [-0.3, -0.25) is 0 Å². The van der Waals surface area contributed by atoms with Crippen LogP contribution in [0, 0.1) is 5.41 Å². The van der Waals surface area contributed by atoms with Crippen LogP contribution < -0.4 is 5.32 Å². The molecule has 98 valence electrons. The smallest absolute Gasteiger partial charge is 0.0794 e. The molecule has 0 fully saturated rings. The van der Waals surface area contributed by atoms with Crippen LogP contribution >= 0.6 is 11.3 Å². The molecule has 0 atom stereocenters. The molecule has 0 amide bonds. The Kier molecular flexibility index (Phi) is 5.14. The number of thiazole rings is 1. The summed E-state index contributed by atoms with van der Waals surface area (Å²) in [4.78, 5) is 4.43. The molecule has 17 heavy (non-hydrogen) atoms. The summed E-state index contributed by atoms with van der Waals surface area (Å²) in [5.74, 6) is 0. The summed E-state index contributed by atoms with van der Waals surface area (Å²) in [5, 5.41) is 5.83. The maximum atomic E-state index is 4.43. The molecule has 0 radical (unpaired) electrons. The highest BCUT2D eigenvalue weighted by molar-refractivity contribution is 7.07. The molecule has 0 saturated carbocycles. The van der Waals surface area contributed by atoms with Crippen molar-refractivity contribution in [2.24, 2.45) is 5.41 Å². The second-order valence-corrected chi connectivity index (χ2v) is 6.69. The fraction of sp³-hybridized carbons (Fsp3) is 0.786. The summed E-state index contributed by atoms with van der Waals surface area (Å²) < 4.78 is 0. The van der Waals surface area contributed by atoms with Gasteiger partial charge in [0.2, 0.25) is 0 Å². The monoisotopic (exact) mass is 254 g/mol. The molecular weight excluding hydrogens is 228 g/mol. The predicted octanol–water partition coefficient (Wildman–Crippen LogP) is 3.88. The quantitative estimate of drug-likeness (QED) is 0.833. The zero-order valence-corrected chi connectivity index (χ0v) is 12.7. The number of nitrogens with one attached hydrogen (secondary N) is 1. The molecule has 0 saturated heterocycles. The van der Waals surface area contributed by atoms with E-state index in [1.165, 1.54) is 18.5 Å². The number of aromatic nitrogens is 1. The summed E-state index contributed by atoms with van der Waals surface area (Å²) in [5.41, 5.74) is 3.72. The van der Waals surface area contributed by atoms with Crippen LogP contribution in [0.1, 0.15) is 53.2 Å². The molecule has 1 aromatic rings. The van der Waals surface area contributed by atoms with E-state index in [0.717, 1.165) is 13.0 Å². The van der Waals surface area contributed by atoms with Crippen molar-refractivity contribution < 1.29 is 0 Å². The largest absolute Gasteiger partial charge is 0.312 e. The van der Waals surface area contributed by atoms with Gasteiger partial charge in [0.05, 0.1) is 11.2 Å². The van der Waals surface area contributed by atoms with E-state index in [2.05, 4.69) is 50.3 Å². The Labute approximate surface area is 110 Å². The van der Waals surface area contributed by atoms with Gasteiger partial charge in [-0.2, -0.15) is 0 Å². The van der Waals surface area contributed by atoms with Gasteiger partial charge in [-0.05, 0) is 45.4 Å². The van der Waals surface area contributed by atoms with Gasteiger partial charge in [-0.25, -0.2) is 4.98 Å². The van der Waals surface area contributed by atoms with Crippen molar-refractivity contribution in [2.75, 3.05) is 6.54 Å². The van der Waals surface area contributed by atoms with E-state index in [1.54, 1.807) is 11.3 Å². The third kappa shape index (κ3) is 4.76. The van der Waals surface area contributed by atoms with Gasteiger partial charge in [0, 0.05) is 17.5 Å². The van der Waals surface area contributed by atoms with Crippen molar-refractivity contribution in [2.45, 2.75) is 59.4 Å². The fourth-order valence-electron chi connectivity index (χ4n) is 1.97. The van der Waals surface area contributed by atoms with Gasteiger partial charge < -0.3 is 5.32 Å². The van der Waals surface area contributed by atoms with Gasteiger partial charge >= 0.3 is 0 Å². The minimum absolute atomic E-state index is 0.192. The number of hydrogen-bond acceptors (Lipinski definition) is 3. The highest BCUT2D eigenvalue weighted by atomic mass is 32.1. The Balaban J connectivity index is 2.68. The van der Waals surface area contributed by atoms with Crippen LogP contribution in [0.2, 0.25) is 0 Å². The molecule has 2 nitrogen and oxygen atoms in total. The van der Waals surface area contributed by atoms with Crippen molar-refractivity contribution in [1.29, 1.82) is 0 Å². The van der Waals surface area contributed by atoms with Crippen LogP contribution in [0.4, 0.5) is 0 Å². The maximum absolute atomic E-state index is 4.43. The third-order valence-electron chi connectivity index (χ3n) is 3.53. The van der Waals surface area contributed by atoms with Gasteiger partial charge in [0.1, 0.15) is 0 Å². The molecule has 0 aromatic carbocycles. The number of hydrogen-bond donors (Lipinski definition) is 1. The average Bonchev–Trinajstić information content (AvgIpc) is 2.76. The summed E-state index contributed by atoms with van der Waals surface area (Å²) in [7, 11) is 0. The molecule has 1 aromatic heterocycles. The molecule has 0 unspecified atom stereocenters. The van der Waals surface area contributed by atoms with Crippen molar-refractivity contribution >= 4 is 11.3 Å². The molecule has 0 bridgehead atoms. The van der Waals surface area contributed by atoms with Crippen LogP contribution in [-0.4, -0.2) is 17.1 Å². The van der Waals surface area contributed by atoms with Crippen LogP contribution in [0.3, 0.4) is 0 Å². The van der Waals surface area contributed by atoms with E-state index in [1.807, 2.05) is 5.51 Å². The van der Waals surface area contributed by atoms with Crippen LogP contribution in [-0.2, 0) is 6.42 Å². The minimum Gasteiger partial charge on any atom is -0.312 e. The fourth-order valence-corrected chi connectivity index (χ4v) is 2.53. The average molecular weight is 254 g/mol. The standard InChI is InChI=1S/C14H26N2S/c1-6-14(7-2,10-16-13(3,4)5)8-12-9-17-11-15-12/h9,11,16H,6-8,10H2,1-5H3. The van der Waals surface area contributed by atoms with Crippen LogP contribution in [0.15, 0.2) is 10.9 Å². The first-order valence-corrected chi connectivity index (χ1v) is 7.47. The van der Waals surface area contributed by atoms with Crippen molar-refractivity contribution in [3.63, 3.8) is 0 Å². The zero-order valence-electron chi connectivity index (χ0n) is 11.8. The van der Waals surface area contributed by atoms with Crippen LogP contribution in [0.25, 0.3) is 0 Å². The minimum atomic E-state index is 0.192. The Morgan fingerprint density at radius 1 is 1.24 bits per heavy atom. The topological polar surface area (TPSA) is 24.9 Å². The molecule has 0 aliphatic rings. The summed E-state index contributed by atoms with van der Waals surface area (Å²) in [6.07, 6.45) is 3.49. The Morgan fingerprint density at radius 2 is 1.88 bits per heavy atom. The van der Waals surface area contributed by atoms with E-state index in [-0.39, 0.29) is 5.54 Å². The molecule has 1 heterocycles. The first-order valence-electron chi connectivity index (χ1n) is 6.53. The zero-order chi connectivity index (χ0) is 12.9. The molecule has 0 aliphatic heterocycles. The Hall–Kier alpha value is -0.410. The summed E-state index contributed by atoms with van der Waals surface area (Å²) in [6, 6.07) is 0. The summed E-state index contributed by atoms with van der Waals surface area (Å²) >= 11 is 1.69. The molecular formula is C14H26N2S. The molecule has 1 N–H and O–H groups in total. The number of nitrogens with zero attached hydrogens (tertiary/aromatic N) is 1. The lowest BCUT2D eigenvalue weighted by molar-refractivity contribution is 0.218. The second-order valence-electron chi connectivity index (χ2n) is 5.97. The first-order chi connectivity index (χ1) is 7.91. The molecule has 1 rings (SSSR count). The molecule has 3 heteroatoms. The lowest BCUT2D eigenvalue weighted by Gasteiger charge is -2.35. The van der Waals surface area contributed by atoms with Crippen molar-refractivity contribution in [1.82, 2.24) is 10.3 Å². The normalized spacial score (nSPS) is 13.0. The highest BCUT2D eigenvalue weighted by Crippen LogP contribution is 2.30. The maximum Gasteiger partial charge on any atom is 0.0794 e. The SMILES string of the molecule is CCC(CC)(CNC(C)(C)C)Cc1cscn1. The lowest BCUT2D eigenvalue weighted by atomic mass is 9.78. The van der Waals surface area contributed by atoms with E-state index in [0.29, 0.717) is 5.41 Å². The third-order valence-corrected chi connectivity index (χ3v) is 4.17. The lowest BCUT2D eigenvalue weighted by Crippen LogP contribution is -2.44. The van der Waals surface area contributed by atoms with Crippen molar-refractivity contribution in [3.05, 3.63) is 16.6 Å². The second kappa shape index (κ2) is 5.96. The Bertz CT molecular complexity index is 307. The molecule has 0 spiro atoms. The van der Waals surface area contributed by atoms with E-state index < -0.39 is 0 Å². The highest BCUT2D eigenvalue weighted by Gasteiger charge is 2.28. The van der Waals surface area contributed by atoms with Gasteiger partial charge in [0.25, 0.3) is 0 Å². The Morgan fingerprint density at radius 3 is 2.29 bits per heavy atom. The van der Waals surface area contributed by atoms with Gasteiger partial charge in [-0.1, -0.05) is 13.8 Å². The first kappa shape index (κ1) is 14.7. The van der Waals surface area contributed by atoms with E-state index >= 15 is 0 Å². The van der Waals surface area contributed by atoms with Gasteiger partial charge in [0.15, 0.2) is 0 Å². The predicted molar refractivity (Wildman–Crippen MR) is 76.6 cm³/mol. The van der Waals surface area contributed by atoms with Crippen LogP contribution in [0.5, 0.6) is 0 Å². The van der Waals surface area contributed by atoms with E-state index in [4.69, 9.17) is 0 Å². The number of rotatable bonds is 6. The van der Waals surface area contributed by atoms with Gasteiger partial charge in [-0.15, -0.1) is 11.3 Å². The van der Waals surface area contributed by atoms with E-state index in [9.17, 15) is 0 Å². The molecule has 0 aliphatic carbocycles. The summed E-state index contributed by atoms with van der Waals surface area (Å²) in [6.45, 7) is 12.3. The van der Waals surface area contributed by atoms with Crippen molar-refractivity contribution in [3.8, 4) is 0 Å².